The predicted molar refractivity (Wildman–Crippen MR) is 191 cm³/mol. The van der Waals surface area contributed by atoms with Crippen LogP contribution in [0.2, 0.25) is 0 Å². The van der Waals surface area contributed by atoms with Crippen LogP contribution < -0.4 is 10.4 Å². The summed E-state index contributed by atoms with van der Waals surface area (Å²) >= 11 is 4.73. The van der Waals surface area contributed by atoms with E-state index in [9.17, 15) is 4.79 Å². The highest BCUT2D eigenvalue weighted by molar-refractivity contribution is 7.81. The van der Waals surface area contributed by atoms with Gasteiger partial charge in [0.05, 0.1) is 30.3 Å². The second-order valence-electron chi connectivity index (χ2n) is 16.4. The number of aliphatic hydroxyl groups excluding tert-OH is 1. The van der Waals surface area contributed by atoms with Crippen LogP contribution in [0.15, 0.2) is 18.2 Å². The van der Waals surface area contributed by atoms with Gasteiger partial charge < -0.3 is 19.4 Å². The van der Waals surface area contributed by atoms with E-state index in [0.717, 1.165) is 75.5 Å². The van der Waals surface area contributed by atoms with Crippen LogP contribution in [0.25, 0.3) is 0 Å². The Kier molecular flexibility index (Phi) is 11.9. The van der Waals surface area contributed by atoms with Crippen molar-refractivity contribution in [1.82, 2.24) is 4.90 Å². The lowest BCUT2D eigenvalue weighted by Crippen LogP contribution is -2.57. The standard InChI is InChI=1S/C28H42BN2O3S.C9H20O/c1-6-7-19-14-21(15-19)31-24-16-20(29-34-26(2,3)27(4,5)35)8-9-23(24)28(25(31)32)10-12-30(13-11-28)22-17-33-18-22;1-5-9(3,4)6-8(2)7-10/h8-9,16,19,21-22,35H,6-7,10-15,17-18H2,1-5H3;8,10H,5-7H2,1-4H3. The van der Waals surface area contributed by atoms with Crippen molar-refractivity contribution in [2.24, 2.45) is 17.3 Å². The van der Waals surface area contributed by atoms with Crippen molar-refractivity contribution in [3.05, 3.63) is 23.8 Å². The normalized spacial score (nSPS) is 24.4. The van der Waals surface area contributed by atoms with Gasteiger partial charge in [-0.15, -0.1) is 0 Å². The Morgan fingerprint density at radius 2 is 1.73 bits per heavy atom. The number of benzene rings is 1. The Morgan fingerprint density at radius 3 is 2.24 bits per heavy atom. The number of nitrogens with zero attached hydrogens (tertiary/aromatic N) is 2. The first kappa shape index (κ1) is 36.8. The fourth-order valence-electron chi connectivity index (χ4n) is 7.30. The van der Waals surface area contributed by atoms with Crippen molar-refractivity contribution in [2.75, 3.05) is 37.8 Å². The molecule has 0 aromatic heterocycles. The minimum Gasteiger partial charge on any atom is -0.428 e. The fourth-order valence-corrected chi connectivity index (χ4v) is 7.35. The third-order valence-electron chi connectivity index (χ3n) is 11.6. The van der Waals surface area contributed by atoms with Crippen LogP contribution in [0.1, 0.15) is 119 Å². The van der Waals surface area contributed by atoms with Crippen LogP contribution in [0.3, 0.4) is 0 Å². The Balaban J connectivity index is 0.000000399. The number of ether oxygens (including phenoxy) is 1. The van der Waals surface area contributed by atoms with Crippen LogP contribution in [0, 0.1) is 17.3 Å². The predicted octanol–water partition coefficient (Wildman–Crippen LogP) is 6.53. The minimum absolute atomic E-state index is 0.286. The molecule has 3 fully saturated rings. The lowest BCUT2D eigenvalue weighted by atomic mass is 9.72. The summed E-state index contributed by atoms with van der Waals surface area (Å²) in [5.41, 5.74) is 2.97. The molecule has 1 amide bonds. The number of aliphatic hydroxyl groups is 1. The third kappa shape index (κ3) is 8.16. The number of hydrogen-bond donors (Lipinski definition) is 2. The number of anilines is 1. The van der Waals surface area contributed by atoms with Crippen LogP contribution in [0.4, 0.5) is 5.69 Å². The highest BCUT2D eigenvalue weighted by Crippen LogP contribution is 2.51. The zero-order chi connectivity index (χ0) is 33.2. The van der Waals surface area contributed by atoms with Crippen LogP contribution in [-0.2, 0) is 19.6 Å². The lowest BCUT2D eigenvalue weighted by Gasteiger charge is -2.46. The maximum Gasteiger partial charge on any atom is 0.330 e. The van der Waals surface area contributed by atoms with E-state index in [-0.39, 0.29) is 10.2 Å². The van der Waals surface area contributed by atoms with Crippen molar-refractivity contribution < 1.29 is 19.3 Å². The number of carbonyl (C=O) groups excluding carboxylic acids is 1. The Bertz CT molecular complexity index is 1130. The van der Waals surface area contributed by atoms with Gasteiger partial charge in [-0.25, -0.2) is 0 Å². The summed E-state index contributed by atoms with van der Waals surface area (Å²) in [5.74, 6) is 1.55. The number of amides is 1. The van der Waals surface area contributed by atoms with Crippen molar-refractivity contribution in [1.29, 1.82) is 0 Å². The van der Waals surface area contributed by atoms with E-state index in [1.54, 1.807) is 0 Å². The summed E-state index contributed by atoms with van der Waals surface area (Å²) in [4.78, 5) is 18.9. The highest BCUT2D eigenvalue weighted by Gasteiger charge is 2.55. The van der Waals surface area contributed by atoms with E-state index in [2.05, 4.69) is 90.3 Å². The molecule has 1 aromatic carbocycles. The molecule has 0 bridgehead atoms. The van der Waals surface area contributed by atoms with Crippen molar-refractivity contribution in [3.8, 4) is 0 Å². The van der Waals surface area contributed by atoms with Crippen molar-refractivity contribution in [3.63, 3.8) is 0 Å². The Hall–Kier alpha value is -1.06. The fraction of sp³-hybridized carbons (Fsp3) is 0.811. The van der Waals surface area contributed by atoms with Gasteiger partial charge in [0.1, 0.15) is 0 Å². The zero-order valence-corrected chi connectivity index (χ0v) is 30.7. The van der Waals surface area contributed by atoms with E-state index in [1.165, 1.54) is 24.8 Å². The number of carbonyl (C=O) groups is 1. The molecular formula is C37H62BN2O4S. The number of hydrogen-bond acceptors (Lipinski definition) is 6. The highest BCUT2D eigenvalue weighted by atomic mass is 32.1. The van der Waals surface area contributed by atoms with E-state index >= 15 is 0 Å². The second kappa shape index (κ2) is 14.6. The van der Waals surface area contributed by atoms with Crippen LogP contribution in [-0.4, -0.2) is 78.7 Å². The van der Waals surface area contributed by atoms with Crippen LogP contribution in [0.5, 0.6) is 0 Å². The molecule has 1 aliphatic carbocycles. The molecule has 1 unspecified atom stereocenters. The molecule has 1 N–H and O–H groups in total. The van der Waals surface area contributed by atoms with Crippen molar-refractivity contribution in [2.45, 2.75) is 142 Å². The number of fused-ring (bicyclic) bond motifs is 2. The summed E-state index contributed by atoms with van der Waals surface area (Å²) in [5, 5.41) is 8.79. The number of thiol groups is 1. The van der Waals surface area contributed by atoms with Crippen LogP contribution >= 0.6 is 12.6 Å². The molecule has 1 saturated carbocycles. The van der Waals surface area contributed by atoms with E-state index in [1.807, 2.05) is 7.48 Å². The zero-order valence-electron chi connectivity index (χ0n) is 29.8. The lowest BCUT2D eigenvalue weighted by molar-refractivity contribution is -0.128. The first-order valence-electron chi connectivity index (χ1n) is 17.7. The first-order valence-corrected chi connectivity index (χ1v) is 18.2. The number of piperidine rings is 1. The van der Waals surface area contributed by atoms with E-state index < -0.39 is 5.60 Å². The largest absolute Gasteiger partial charge is 0.428 e. The molecule has 3 aliphatic heterocycles. The summed E-state index contributed by atoms with van der Waals surface area (Å²) in [6, 6.07) is 7.41. The van der Waals surface area contributed by atoms with Gasteiger partial charge in [0.15, 0.2) is 0 Å². The number of likely N-dealkylation sites (tertiary alicyclic amines) is 1. The maximum atomic E-state index is 14.2. The number of rotatable bonds is 12. The van der Waals surface area contributed by atoms with E-state index in [0.29, 0.717) is 35.9 Å². The average molecular weight is 642 g/mol. The quantitative estimate of drug-likeness (QED) is 0.201. The Labute approximate surface area is 281 Å². The van der Waals surface area contributed by atoms with Gasteiger partial charge in [-0.3, -0.25) is 9.69 Å². The average Bonchev–Trinajstić information content (AvgIpc) is 3.15. The van der Waals surface area contributed by atoms with Gasteiger partial charge in [-0.1, -0.05) is 71.5 Å². The first-order chi connectivity index (χ1) is 21.1. The molecule has 3 heterocycles. The van der Waals surface area contributed by atoms with Crippen molar-refractivity contribution >= 4 is 37.2 Å². The summed E-state index contributed by atoms with van der Waals surface area (Å²) in [6.07, 6.45) is 8.87. The summed E-state index contributed by atoms with van der Waals surface area (Å²) in [6.45, 7) is 23.3. The molecule has 4 aliphatic rings. The van der Waals surface area contributed by atoms with Gasteiger partial charge in [-0.2, -0.15) is 12.6 Å². The molecule has 1 radical (unpaired) electrons. The van der Waals surface area contributed by atoms with Gasteiger partial charge in [0.2, 0.25) is 5.91 Å². The molecular weight excluding hydrogens is 579 g/mol. The maximum absolute atomic E-state index is 14.2. The third-order valence-corrected chi connectivity index (χ3v) is 12.2. The molecule has 5 rings (SSSR count). The minimum atomic E-state index is -0.425. The smallest absolute Gasteiger partial charge is 0.330 e. The monoisotopic (exact) mass is 641 g/mol. The topological polar surface area (TPSA) is 62.2 Å². The molecule has 1 atom stereocenters. The molecule has 8 heteroatoms. The summed E-state index contributed by atoms with van der Waals surface area (Å²) in [7, 11) is 1.85. The Morgan fingerprint density at radius 1 is 1.09 bits per heavy atom. The van der Waals surface area contributed by atoms with Gasteiger partial charge >= 0.3 is 7.48 Å². The molecule has 1 spiro atoms. The molecule has 45 heavy (non-hydrogen) atoms. The molecule has 253 valence electrons. The molecule has 1 aromatic rings. The van der Waals surface area contributed by atoms with Gasteiger partial charge in [-0.05, 0) is 102 Å². The van der Waals surface area contributed by atoms with E-state index in [4.69, 9.17) is 27.1 Å². The summed E-state index contributed by atoms with van der Waals surface area (Å²) < 4.78 is 11.4. The van der Waals surface area contributed by atoms with Gasteiger partial charge in [0.25, 0.3) is 0 Å². The second-order valence-corrected chi connectivity index (χ2v) is 17.5. The van der Waals surface area contributed by atoms with Gasteiger partial charge in [0, 0.05) is 23.1 Å². The molecule has 2 saturated heterocycles. The molecule has 6 nitrogen and oxygen atoms in total. The SMILES string of the molecule is CCC(C)(C)CC(C)CO.CCCC1CC(N2C(=O)C3(CCN(C4COC4)CC3)c3ccc([B]OC(C)(C)C(C)(C)S)cc32)C1.